The van der Waals surface area contributed by atoms with E-state index in [2.05, 4.69) is 5.32 Å². The molecule has 1 aromatic heterocycles. The number of nitrogens with one attached hydrogen (secondary N) is 1. The van der Waals surface area contributed by atoms with E-state index in [1.165, 1.54) is 4.57 Å². The summed E-state index contributed by atoms with van der Waals surface area (Å²) in [4.78, 5) is 35.4. The normalized spacial score (nSPS) is 10.7. The molecular formula is C18H15ClN2O5. The number of benzene rings is 2. The van der Waals surface area contributed by atoms with Crippen molar-refractivity contribution in [1.29, 1.82) is 0 Å². The van der Waals surface area contributed by atoms with Crippen molar-refractivity contribution in [2.75, 3.05) is 11.9 Å². The van der Waals surface area contributed by atoms with Crippen LogP contribution in [0.2, 0.25) is 5.02 Å². The van der Waals surface area contributed by atoms with Crippen LogP contribution in [0.4, 0.5) is 5.69 Å². The molecule has 0 aliphatic carbocycles. The summed E-state index contributed by atoms with van der Waals surface area (Å²) >= 11 is 5.76. The van der Waals surface area contributed by atoms with Crippen molar-refractivity contribution in [3.63, 3.8) is 0 Å². The topological polar surface area (TPSA) is 90.5 Å². The van der Waals surface area contributed by atoms with Crippen LogP contribution in [0.3, 0.4) is 0 Å². The monoisotopic (exact) mass is 374 g/mol. The fourth-order valence-corrected chi connectivity index (χ4v) is 2.50. The summed E-state index contributed by atoms with van der Waals surface area (Å²) in [5, 5.41) is 3.13. The van der Waals surface area contributed by atoms with Crippen molar-refractivity contribution in [3.8, 4) is 0 Å². The quantitative estimate of drug-likeness (QED) is 0.670. The van der Waals surface area contributed by atoms with Crippen LogP contribution in [-0.4, -0.2) is 23.1 Å². The number of esters is 1. The van der Waals surface area contributed by atoms with Crippen LogP contribution in [0.1, 0.15) is 6.42 Å². The molecule has 8 heteroatoms. The molecule has 1 heterocycles. The van der Waals surface area contributed by atoms with E-state index in [0.29, 0.717) is 21.8 Å². The molecular weight excluding hydrogens is 360 g/mol. The van der Waals surface area contributed by atoms with E-state index >= 15 is 0 Å². The van der Waals surface area contributed by atoms with Crippen LogP contribution in [0.5, 0.6) is 0 Å². The van der Waals surface area contributed by atoms with Gasteiger partial charge in [-0.05, 0) is 36.4 Å². The molecule has 0 unspecified atom stereocenters. The first-order chi connectivity index (χ1) is 12.5. The lowest BCUT2D eigenvalue weighted by molar-refractivity contribution is -0.147. The maximum Gasteiger partial charge on any atom is 0.419 e. The molecule has 0 saturated heterocycles. The third kappa shape index (κ3) is 4.31. The van der Waals surface area contributed by atoms with Gasteiger partial charge in [-0.3, -0.25) is 14.2 Å². The third-order valence-electron chi connectivity index (χ3n) is 3.61. The van der Waals surface area contributed by atoms with Gasteiger partial charge in [-0.1, -0.05) is 23.7 Å². The van der Waals surface area contributed by atoms with Gasteiger partial charge in [-0.15, -0.1) is 0 Å². The lowest BCUT2D eigenvalue weighted by atomic mass is 10.3. The number of hydrogen-bond donors (Lipinski definition) is 1. The van der Waals surface area contributed by atoms with Crippen molar-refractivity contribution in [2.45, 2.75) is 13.0 Å². The van der Waals surface area contributed by atoms with Gasteiger partial charge in [0.1, 0.15) is 0 Å². The van der Waals surface area contributed by atoms with Gasteiger partial charge in [-0.2, -0.15) is 0 Å². The molecule has 7 nitrogen and oxygen atoms in total. The second-order valence-electron chi connectivity index (χ2n) is 5.45. The number of rotatable bonds is 6. The Bertz CT molecular complexity index is 991. The maximum absolute atomic E-state index is 11.8. The molecule has 1 amide bonds. The third-order valence-corrected chi connectivity index (χ3v) is 3.86. The largest absolute Gasteiger partial charge is 0.456 e. The van der Waals surface area contributed by atoms with Gasteiger partial charge < -0.3 is 14.5 Å². The average molecular weight is 375 g/mol. The number of halogens is 1. The Balaban J connectivity index is 1.49. The van der Waals surface area contributed by atoms with E-state index in [4.69, 9.17) is 20.8 Å². The summed E-state index contributed by atoms with van der Waals surface area (Å²) in [6.07, 6.45) is -0.0579. The highest BCUT2D eigenvalue weighted by molar-refractivity contribution is 6.30. The van der Waals surface area contributed by atoms with Crippen molar-refractivity contribution in [3.05, 3.63) is 64.1 Å². The molecule has 26 heavy (non-hydrogen) atoms. The number of para-hydroxylation sites is 2. The predicted octanol–water partition coefficient (Wildman–Crippen LogP) is 2.82. The molecule has 0 aliphatic rings. The molecule has 0 atom stereocenters. The first kappa shape index (κ1) is 17.8. The highest BCUT2D eigenvalue weighted by atomic mass is 35.5. The summed E-state index contributed by atoms with van der Waals surface area (Å²) in [5.41, 5.74) is 1.60. The molecule has 1 N–H and O–H groups in total. The average Bonchev–Trinajstić information content (AvgIpc) is 2.95. The zero-order valence-corrected chi connectivity index (χ0v) is 14.4. The molecule has 0 spiro atoms. The fourth-order valence-electron chi connectivity index (χ4n) is 2.38. The number of oxazole rings is 1. The van der Waals surface area contributed by atoms with E-state index in [1.807, 2.05) is 0 Å². The minimum atomic E-state index is -0.589. The SMILES string of the molecule is O=C(COC(=O)CCn1c(=O)oc2ccccc21)Nc1ccc(Cl)cc1. The Kier molecular flexibility index (Phi) is 5.38. The summed E-state index contributed by atoms with van der Waals surface area (Å²) in [7, 11) is 0. The van der Waals surface area contributed by atoms with Gasteiger partial charge in [0.2, 0.25) is 0 Å². The number of nitrogens with zero attached hydrogens (tertiary/aromatic N) is 1. The van der Waals surface area contributed by atoms with Crippen LogP contribution in [0.15, 0.2) is 57.7 Å². The Morgan fingerprint density at radius 2 is 1.85 bits per heavy atom. The summed E-state index contributed by atoms with van der Waals surface area (Å²) in [5.74, 6) is -1.60. The Morgan fingerprint density at radius 1 is 1.12 bits per heavy atom. The first-order valence-corrected chi connectivity index (χ1v) is 8.20. The Labute approximate surface area is 153 Å². The zero-order valence-electron chi connectivity index (χ0n) is 13.6. The minimum absolute atomic E-state index is 0.0579. The number of aryl methyl sites for hydroxylation is 1. The van der Waals surface area contributed by atoms with Gasteiger partial charge in [0.15, 0.2) is 12.2 Å². The summed E-state index contributed by atoms with van der Waals surface area (Å²) in [6, 6.07) is 13.5. The molecule has 0 aliphatic heterocycles. The number of fused-ring (bicyclic) bond motifs is 1. The van der Waals surface area contributed by atoms with Gasteiger partial charge in [0.25, 0.3) is 5.91 Å². The van der Waals surface area contributed by atoms with E-state index < -0.39 is 24.2 Å². The number of anilines is 1. The van der Waals surface area contributed by atoms with Crippen LogP contribution in [-0.2, 0) is 20.9 Å². The van der Waals surface area contributed by atoms with E-state index in [1.54, 1.807) is 48.5 Å². The number of amides is 1. The van der Waals surface area contributed by atoms with E-state index in [0.717, 1.165) is 0 Å². The molecule has 0 radical (unpaired) electrons. The molecule has 0 saturated carbocycles. The number of hydrogen-bond acceptors (Lipinski definition) is 5. The lowest BCUT2D eigenvalue weighted by Crippen LogP contribution is -2.22. The number of carbonyl (C=O) groups excluding carboxylic acids is 2. The highest BCUT2D eigenvalue weighted by Crippen LogP contribution is 2.14. The number of ether oxygens (including phenoxy) is 1. The van der Waals surface area contributed by atoms with Crippen molar-refractivity contribution in [2.24, 2.45) is 0 Å². The molecule has 3 aromatic rings. The van der Waals surface area contributed by atoms with Crippen LogP contribution >= 0.6 is 11.6 Å². The van der Waals surface area contributed by atoms with Crippen LogP contribution in [0.25, 0.3) is 11.1 Å². The Hall–Kier alpha value is -3.06. The van der Waals surface area contributed by atoms with Gasteiger partial charge in [0, 0.05) is 17.3 Å². The second-order valence-corrected chi connectivity index (χ2v) is 5.89. The number of aromatic nitrogens is 1. The highest BCUT2D eigenvalue weighted by Gasteiger charge is 2.12. The van der Waals surface area contributed by atoms with Gasteiger partial charge in [-0.25, -0.2) is 4.79 Å². The van der Waals surface area contributed by atoms with Crippen LogP contribution < -0.4 is 11.1 Å². The van der Waals surface area contributed by atoms with Gasteiger partial charge >= 0.3 is 11.7 Å². The molecule has 2 aromatic carbocycles. The van der Waals surface area contributed by atoms with Crippen molar-refractivity contribution in [1.82, 2.24) is 4.57 Å². The van der Waals surface area contributed by atoms with Crippen molar-refractivity contribution < 1.29 is 18.7 Å². The lowest BCUT2D eigenvalue weighted by Gasteiger charge is -2.07. The standard InChI is InChI=1S/C18H15ClN2O5/c19-12-5-7-13(8-6-12)20-16(22)11-25-17(23)9-10-21-14-3-1-2-4-15(14)26-18(21)24/h1-8H,9-11H2,(H,20,22). The first-order valence-electron chi connectivity index (χ1n) is 7.82. The molecule has 3 rings (SSSR count). The fraction of sp³-hybridized carbons (Fsp3) is 0.167. The van der Waals surface area contributed by atoms with Crippen LogP contribution in [0, 0.1) is 0 Å². The molecule has 134 valence electrons. The summed E-state index contributed by atoms with van der Waals surface area (Å²) < 4.78 is 11.4. The van der Waals surface area contributed by atoms with E-state index in [9.17, 15) is 14.4 Å². The summed E-state index contributed by atoms with van der Waals surface area (Å²) in [6.45, 7) is -0.310. The zero-order chi connectivity index (χ0) is 18.5. The predicted molar refractivity (Wildman–Crippen MR) is 96.1 cm³/mol. The molecule has 0 fully saturated rings. The smallest absolute Gasteiger partial charge is 0.419 e. The Morgan fingerprint density at radius 3 is 2.62 bits per heavy atom. The maximum atomic E-state index is 11.8. The van der Waals surface area contributed by atoms with Gasteiger partial charge in [0.05, 0.1) is 11.9 Å². The van der Waals surface area contributed by atoms with E-state index in [-0.39, 0.29) is 13.0 Å². The minimum Gasteiger partial charge on any atom is -0.456 e. The second kappa shape index (κ2) is 7.88. The molecule has 0 bridgehead atoms. The van der Waals surface area contributed by atoms with Crippen molar-refractivity contribution >= 4 is 40.3 Å². The number of carbonyl (C=O) groups is 2.